The standard InChI is InChI=1S/C28H38N4O5/c1-17(2)13-23(26(29)34)30-28(36)24(15-20-11-6-10-19-9-3-4-12-22(19)20)31-27(35)21(16-25(33)32-37)14-18-7-5-8-18/h3-4,6,9-12,17-18,21,23-24,37H,5,7-8,13-16H2,1-2H3,(H2,29,34)(H,30,36)(H,31,35)(H,32,33)/t21?,23-,24-/m0/s1. The van der Waals surface area contributed by atoms with Gasteiger partial charge in [-0.1, -0.05) is 75.6 Å². The molecule has 37 heavy (non-hydrogen) atoms. The maximum atomic E-state index is 13.5. The lowest BCUT2D eigenvalue weighted by Gasteiger charge is -2.30. The highest BCUT2D eigenvalue weighted by atomic mass is 16.5. The van der Waals surface area contributed by atoms with Gasteiger partial charge in [-0.3, -0.25) is 24.4 Å². The van der Waals surface area contributed by atoms with Crippen LogP contribution in [0.5, 0.6) is 0 Å². The molecule has 1 unspecified atom stereocenters. The number of amides is 4. The summed E-state index contributed by atoms with van der Waals surface area (Å²) in [5.41, 5.74) is 8.01. The van der Waals surface area contributed by atoms with Crippen molar-refractivity contribution < 1.29 is 24.4 Å². The lowest BCUT2D eigenvalue weighted by Crippen LogP contribution is -2.55. The van der Waals surface area contributed by atoms with E-state index in [1.807, 2.05) is 56.3 Å². The fraction of sp³-hybridized carbons (Fsp3) is 0.500. The van der Waals surface area contributed by atoms with Crippen LogP contribution in [0.2, 0.25) is 0 Å². The SMILES string of the molecule is CC(C)C[C@H](NC(=O)[C@H](Cc1cccc2ccccc12)NC(=O)C(CC(=O)NO)CC1CCC1)C(N)=O. The summed E-state index contributed by atoms with van der Waals surface area (Å²) in [6.07, 6.45) is 3.94. The van der Waals surface area contributed by atoms with Crippen molar-refractivity contribution in [3.05, 3.63) is 48.0 Å². The average molecular weight is 511 g/mol. The number of nitrogens with two attached hydrogens (primary N) is 1. The van der Waals surface area contributed by atoms with Gasteiger partial charge < -0.3 is 16.4 Å². The maximum absolute atomic E-state index is 13.5. The Bertz CT molecular complexity index is 1110. The molecule has 9 heteroatoms. The van der Waals surface area contributed by atoms with Crippen LogP contribution >= 0.6 is 0 Å². The number of carbonyl (C=O) groups excluding carboxylic acids is 4. The number of fused-ring (bicyclic) bond motifs is 1. The molecule has 0 bridgehead atoms. The molecule has 0 saturated heterocycles. The van der Waals surface area contributed by atoms with Crippen LogP contribution in [0.15, 0.2) is 42.5 Å². The molecule has 0 aromatic heterocycles. The van der Waals surface area contributed by atoms with Crippen molar-refractivity contribution in [3.8, 4) is 0 Å². The van der Waals surface area contributed by atoms with Crippen LogP contribution in [0.4, 0.5) is 0 Å². The van der Waals surface area contributed by atoms with Gasteiger partial charge in [0.2, 0.25) is 23.6 Å². The van der Waals surface area contributed by atoms with E-state index in [-0.39, 0.29) is 18.8 Å². The van der Waals surface area contributed by atoms with Gasteiger partial charge >= 0.3 is 0 Å². The van der Waals surface area contributed by atoms with E-state index in [1.165, 1.54) is 0 Å². The van der Waals surface area contributed by atoms with E-state index in [9.17, 15) is 19.2 Å². The van der Waals surface area contributed by atoms with Crippen LogP contribution in [0.3, 0.4) is 0 Å². The average Bonchev–Trinajstić information content (AvgIpc) is 2.84. The van der Waals surface area contributed by atoms with Crippen LogP contribution in [-0.2, 0) is 25.6 Å². The minimum Gasteiger partial charge on any atom is -0.368 e. The van der Waals surface area contributed by atoms with Crippen molar-refractivity contribution in [3.63, 3.8) is 0 Å². The van der Waals surface area contributed by atoms with Crippen LogP contribution < -0.4 is 21.8 Å². The van der Waals surface area contributed by atoms with Gasteiger partial charge in [0, 0.05) is 18.8 Å². The predicted molar refractivity (Wildman–Crippen MR) is 140 cm³/mol. The molecule has 1 aliphatic carbocycles. The zero-order chi connectivity index (χ0) is 26.9. The summed E-state index contributed by atoms with van der Waals surface area (Å²) in [5, 5.41) is 16.6. The van der Waals surface area contributed by atoms with Gasteiger partial charge in [-0.05, 0) is 41.0 Å². The van der Waals surface area contributed by atoms with Gasteiger partial charge in [-0.25, -0.2) is 5.48 Å². The van der Waals surface area contributed by atoms with E-state index in [4.69, 9.17) is 10.9 Å². The molecule has 1 fully saturated rings. The molecule has 2 aromatic carbocycles. The summed E-state index contributed by atoms with van der Waals surface area (Å²) in [6, 6.07) is 11.7. The predicted octanol–water partition coefficient (Wildman–Crippen LogP) is 2.59. The highest BCUT2D eigenvalue weighted by Crippen LogP contribution is 2.33. The van der Waals surface area contributed by atoms with Crippen LogP contribution in [0.25, 0.3) is 10.8 Å². The molecule has 2 aromatic rings. The maximum Gasteiger partial charge on any atom is 0.244 e. The van der Waals surface area contributed by atoms with Crippen molar-refractivity contribution in [2.24, 2.45) is 23.5 Å². The summed E-state index contributed by atoms with van der Waals surface area (Å²) in [7, 11) is 0. The minimum absolute atomic E-state index is 0.118. The molecule has 0 spiro atoms. The third kappa shape index (κ3) is 8.01. The Morgan fingerprint density at radius 3 is 2.27 bits per heavy atom. The molecule has 200 valence electrons. The molecular weight excluding hydrogens is 472 g/mol. The zero-order valence-electron chi connectivity index (χ0n) is 21.5. The summed E-state index contributed by atoms with van der Waals surface area (Å²) >= 11 is 0. The monoisotopic (exact) mass is 510 g/mol. The molecule has 1 saturated carbocycles. The summed E-state index contributed by atoms with van der Waals surface area (Å²) in [5.74, 6) is -2.48. The second kappa shape index (κ2) is 13.2. The zero-order valence-corrected chi connectivity index (χ0v) is 21.5. The summed E-state index contributed by atoms with van der Waals surface area (Å²) < 4.78 is 0. The first-order valence-corrected chi connectivity index (χ1v) is 13.0. The second-order valence-corrected chi connectivity index (χ2v) is 10.5. The lowest BCUT2D eigenvalue weighted by molar-refractivity contribution is -0.137. The number of hydrogen-bond acceptors (Lipinski definition) is 5. The first-order chi connectivity index (χ1) is 17.7. The first kappa shape index (κ1) is 28.1. The highest BCUT2D eigenvalue weighted by Gasteiger charge is 2.32. The molecule has 4 amide bonds. The van der Waals surface area contributed by atoms with Crippen molar-refractivity contribution in [2.75, 3.05) is 0 Å². The second-order valence-electron chi connectivity index (χ2n) is 10.5. The molecule has 3 atom stereocenters. The van der Waals surface area contributed by atoms with E-state index in [2.05, 4.69) is 10.6 Å². The van der Waals surface area contributed by atoms with Gasteiger partial charge in [0.25, 0.3) is 0 Å². The van der Waals surface area contributed by atoms with Crippen molar-refractivity contribution in [1.29, 1.82) is 0 Å². The third-order valence-electron chi connectivity index (χ3n) is 7.07. The summed E-state index contributed by atoms with van der Waals surface area (Å²) in [4.78, 5) is 50.8. The number of carbonyl (C=O) groups is 4. The smallest absolute Gasteiger partial charge is 0.244 e. The highest BCUT2D eigenvalue weighted by molar-refractivity contribution is 5.94. The van der Waals surface area contributed by atoms with Crippen molar-refractivity contribution in [2.45, 2.75) is 70.9 Å². The topological polar surface area (TPSA) is 151 Å². The Morgan fingerprint density at radius 2 is 1.65 bits per heavy atom. The van der Waals surface area contributed by atoms with Gasteiger partial charge in [-0.2, -0.15) is 0 Å². The number of primary amides is 1. The number of hydrogen-bond donors (Lipinski definition) is 5. The molecule has 0 heterocycles. The third-order valence-corrected chi connectivity index (χ3v) is 7.07. The normalized spacial score (nSPS) is 15.9. The van der Waals surface area contributed by atoms with E-state index in [1.54, 1.807) is 5.48 Å². The van der Waals surface area contributed by atoms with Crippen LogP contribution in [0.1, 0.15) is 57.9 Å². The molecule has 6 N–H and O–H groups in total. The van der Waals surface area contributed by atoms with Gasteiger partial charge in [0.15, 0.2) is 0 Å². The lowest BCUT2D eigenvalue weighted by atomic mass is 9.78. The minimum atomic E-state index is -0.992. The summed E-state index contributed by atoms with van der Waals surface area (Å²) in [6.45, 7) is 3.85. The van der Waals surface area contributed by atoms with Gasteiger partial charge in [-0.15, -0.1) is 0 Å². The largest absolute Gasteiger partial charge is 0.368 e. The van der Waals surface area contributed by atoms with E-state index >= 15 is 0 Å². The number of benzene rings is 2. The molecule has 3 rings (SSSR count). The molecule has 1 aliphatic rings. The van der Waals surface area contributed by atoms with Crippen LogP contribution in [-0.4, -0.2) is 40.9 Å². The number of rotatable bonds is 13. The molecule has 0 aliphatic heterocycles. The number of nitrogens with one attached hydrogen (secondary N) is 3. The van der Waals surface area contributed by atoms with E-state index < -0.39 is 41.6 Å². The quantitative estimate of drug-likeness (QED) is 0.207. The Balaban J connectivity index is 1.86. The molecule has 9 nitrogen and oxygen atoms in total. The van der Waals surface area contributed by atoms with Crippen molar-refractivity contribution >= 4 is 34.4 Å². The van der Waals surface area contributed by atoms with Gasteiger partial charge in [0.1, 0.15) is 12.1 Å². The fourth-order valence-electron chi connectivity index (χ4n) is 4.86. The Labute approximate surface area is 217 Å². The fourth-order valence-corrected chi connectivity index (χ4v) is 4.86. The Hall–Kier alpha value is -3.46. The Kier molecular flexibility index (Phi) is 10.0. The van der Waals surface area contributed by atoms with E-state index in [0.717, 1.165) is 35.6 Å². The first-order valence-electron chi connectivity index (χ1n) is 13.0. The number of hydroxylamine groups is 1. The Morgan fingerprint density at radius 1 is 0.973 bits per heavy atom. The van der Waals surface area contributed by atoms with Crippen molar-refractivity contribution in [1.82, 2.24) is 16.1 Å². The molecule has 0 radical (unpaired) electrons. The van der Waals surface area contributed by atoms with Gasteiger partial charge in [0.05, 0.1) is 0 Å². The van der Waals surface area contributed by atoms with Crippen LogP contribution in [0, 0.1) is 17.8 Å². The van der Waals surface area contributed by atoms with E-state index in [0.29, 0.717) is 18.8 Å². The molecular formula is C28H38N4O5.